The maximum atomic E-state index is 12.2. The number of benzene rings is 2. The zero-order chi connectivity index (χ0) is 16.2. The predicted molar refractivity (Wildman–Crippen MR) is 89.1 cm³/mol. The Kier molecular flexibility index (Phi) is 4.76. The average molecular weight is 330 g/mol. The normalized spacial score (nSPS) is 20.2. The molecule has 2 atom stereocenters. The third kappa shape index (κ3) is 3.45. The fourth-order valence-corrected chi connectivity index (χ4v) is 3.66. The molecule has 4 nitrogen and oxygen atoms in total. The fraction of sp³-hybridized carbons (Fsp3) is 0.278. The molecule has 3 rings (SSSR count). The van der Waals surface area contributed by atoms with E-state index in [1.165, 1.54) is 11.8 Å². The molecule has 0 radical (unpaired) electrons. The predicted octanol–water partition coefficient (Wildman–Crippen LogP) is 3.85. The van der Waals surface area contributed by atoms with Gasteiger partial charge < -0.3 is 14.2 Å². The number of hydrogen-bond acceptors (Lipinski definition) is 5. The standard InChI is InChI=1S/C18H18O4S/c1-20-12-8-9-15(21-2)14(10-12)16-11-17(18(19)22-16)23-13-6-4-3-5-7-13/h3-10,16-17H,11H2,1-2H3. The molecule has 1 aliphatic rings. The molecule has 0 aromatic heterocycles. The number of esters is 1. The molecule has 1 heterocycles. The molecule has 120 valence electrons. The largest absolute Gasteiger partial charge is 0.497 e. The average Bonchev–Trinajstić information content (AvgIpc) is 2.95. The highest BCUT2D eigenvalue weighted by molar-refractivity contribution is 8.00. The Balaban J connectivity index is 1.79. The van der Waals surface area contributed by atoms with Crippen LogP contribution >= 0.6 is 11.8 Å². The third-order valence-corrected chi connectivity index (χ3v) is 4.97. The highest BCUT2D eigenvalue weighted by atomic mass is 32.2. The van der Waals surface area contributed by atoms with Gasteiger partial charge in [-0.25, -0.2) is 0 Å². The summed E-state index contributed by atoms with van der Waals surface area (Å²) < 4.78 is 16.2. The second kappa shape index (κ2) is 6.96. The summed E-state index contributed by atoms with van der Waals surface area (Å²) in [5, 5.41) is -0.210. The number of rotatable bonds is 5. The quantitative estimate of drug-likeness (QED) is 0.779. The molecule has 0 bridgehead atoms. The number of methoxy groups -OCH3 is 2. The summed E-state index contributed by atoms with van der Waals surface area (Å²) in [7, 11) is 3.22. The Morgan fingerprint density at radius 1 is 1.09 bits per heavy atom. The molecular weight excluding hydrogens is 312 g/mol. The van der Waals surface area contributed by atoms with Crippen molar-refractivity contribution in [3.8, 4) is 11.5 Å². The van der Waals surface area contributed by atoms with Crippen LogP contribution in [0.2, 0.25) is 0 Å². The van der Waals surface area contributed by atoms with E-state index in [2.05, 4.69) is 0 Å². The summed E-state index contributed by atoms with van der Waals surface area (Å²) in [4.78, 5) is 13.3. The maximum absolute atomic E-state index is 12.2. The van der Waals surface area contributed by atoms with Gasteiger partial charge in [-0.2, -0.15) is 0 Å². The van der Waals surface area contributed by atoms with Crippen molar-refractivity contribution in [1.29, 1.82) is 0 Å². The zero-order valence-corrected chi connectivity index (χ0v) is 13.8. The van der Waals surface area contributed by atoms with Crippen LogP contribution in [0.15, 0.2) is 53.4 Å². The van der Waals surface area contributed by atoms with E-state index in [4.69, 9.17) is 14.2 Å². The molecule has 0 amide bonds. The van der Waals surface area contributed by atoms with Crippen LogP contribution < -0.4 is 9.47 Å². The highest BCUT2D eigenvalue weighted by Gasteiger charge is 2.37. The first-order valence-corrected chi connectivity index (χ1v) is 8.23. The SMILES string of the molecule is COc1ccc(OC)c(C2CC(Sc3ccccc3)C(=O)O2)c1. The Hall–Kier alpha value is -2.14. The van der Waals surface area contributed by atoms with Gasteiger partial charge in [0.2, 0.25) is 0 Å². The summed E-state index contributed by atoms with van der Waals surface area (Å²) in [6.45, 7) is 0. The molecule has 23 heavy (non-hydrogen) atoms. The van der Waals surface area contributed by atoms with Crippen molar-refractivity contribution in [2.24, 2.45) is 0 Å². The van der Waals surface area contributed by atoms with Gasteiger partial charge in [0.25, 0.3) is 0 Å². The minimum atomic E-state index is -0.311. The van der Waals surface area contributed by atoms with E-state index in [1.807, 2.05) is 48.5 Å². The Labute approximate surface area is 139 Å². The van der Waals surface area contributed by atoms with E-state index in [1.54, 1.807) is 14.2 Å². The smallest absolute Gasteiger partial charge is 0.320 e. The summed E-state index contributed by atoms with van der Waals surface area (Å²) >= 11 is 1.53. The van der Waals surface area contributed by atoms with Crippen molar-refractivity contribution in [2.45, 2.75) is 22.7 Å². The van der Waals surface area contributed by atoms with Gasteiger partial charge in [-0.05, 0) is 30.3 Å². The van der Waals surface area contributed by atoms with E-state index >= 15 is 0 Å². The van der Waals surface area contributed by atoms with Crippen molar-refractivity contribution >= 4 is 17.7 Å². The van der Waals surface area contributed by atoms with Crippen LogP contribution in [0, 0.1) is 0 Å². The van der Waals surface area contributed by atoms with Crippen molar-refractivity contribution < 1.29 is 19.0 Å². The second-order valence-corrected chi connectivity index (χ2v) is 6.46. The zero-order valence-electron chi connectivity index (χ0n) is 13.0. The van der Waals surface area contributed by atoms with Crippen LogP contribution in [-0.2, 0) is 9.53 Å². The molecule has 1 fully saturated rings. The molecule has 2 unspecified atom stereocenters. The Morgan fingerprint density at radius 3 is 2.57 bits per heavy atom. The summed E-state index contributed by atoms with van der Waals surface area (Å²) in [6, 6.07) is 15.4. The van der Waals surface area contributed by atoms with Crippen molar-refractivity contribution in [3.63, 3.8) is 0 Å². The minimum Gasteiger partial charge on any atom is -0.497 e. The first kappa shape index (κ1) is 15.7. The second-order valence-electron chi connectivity index (χ2n) is 5.19. The van der Waals surface area contributed by atoms with Crippen molar-refractivity contribution in [1.82, 2.24) is 0 Å². The number of cyclic esters (lactones) is 1. The lowest BCUT2D eigenvalue weighted by Crippen LogP contribution is -2.08. The maximum Gasteiger partial charge on any atom is 0.320 e. The van der Waals surface area contributed by atoms with Crippen LogP contribution in [0.3, 0.4) is 0 Å². The summed E-state index contributed by atoms with van der Waals surface area (Å²) in [6.07, 6.45) is 0.302. The first-order chi connectivity index (χ1) is 11.2. The molecular formula is C18H18O4S. The van der Waals surface area contributed by atoms with E-state index in [0.29, 0.717) is 12.2 Å². The molecule has 5 heteroatoms. The molecule has 0 N–H and O–H groups in total. The lowest BCUT2D eigenvalue weighted by atomic mass is 10.0. The molecule has 2 aromatic rings. The van der Waals surface area contributed by atoms with Crippen LogP contribution in [0.1, 0.15) is 18.1 Å². The lowest BCUT2D eigenvalue weighted by Gasteiger charge is -2.15. The molecule has 2 aromatic carbocycles. The van der Waals surface area contributed by atoms with E-state index < -0.39 is 0 Å². The topological polar surface area (TPSA) is 44.8 Å². The minimum absolute atomic E-state index is 0.186. The van der Waals surface area contributed by atoms with Crippen LogP contribution in [0.25, 0.3) is 0 Å². The number of ether oxygens (including phenoxy) is 3. The number of carbonyl (C=O) groups is 1. The van der Waals surface area contributed by atoms with E-state index in [9.17, 15) is 4.79 Å². The van der Waals surface area contributed by atoms with E-state index in [0.717, 1.165) is 16.2 Å². The Morgan fingerprint density at radius 2 is 1.87 bits per heavy atom. The van der Waals surface area contributed by atoms with Gasteiger partial charge in [-0.3, -0.25) is 4.79 Å². The third-order valence-electron chi connectivity index (χ3n) is 3.75. The molecule has 0 spiro atoms. The van der Waals surface area contributed by atoms with Crippen LogP contribution in [-0.4, -0.2) is 25.4 Å². The Bertz CT molecular complexity index is 687. The lowest BCUT2D eigenvalue weighted by molar-refractivity contribution is -0.141. The van der Waals surface area contributed by atoms with Gasteiger partial charge in [-0.15, -0.1) is 11.8 Å². The van der Waals surface area contributed by atoms with E-state index in [-0.39, 0.29) is 17.3 Å². The fourth-order valence-electron chi connectivity index (χ4n) is 2.60. The monoisotopic (exact) mass is 330 g/mol. The summed E-state index contributed by atoms with van der Waals surface area (Å²) in [5.74, 6) is 1.23. The molecule has 0 saturated carbocycles. The first-order valence-electron chi connectivity index (χ1n) is 7.35. The number of thioether (sulfide) groups is 1. The van der Waals surface area contributed by atoms with Gasteiger partial charge in [0.15, 0.2) is 0 Å². The van der Waals surface area contributed by atoms with Gasteiger partial charge in [0.1, 0.15) is 22.9 Å². The summed E-state index contributed by atoms with van der Waals surface area (Å²) in [5.41, 5.74) is 0.844. The van der Waals surface area contributed by atoms with Gasteiger partial charge in [0.05, 0.1) is 14.2 Å². The van der Waals surface area contributed by atoms with Crippen LogP contribution in [0.5, 0.6) is 11.5 Å². The number of carbonyl (C=O) groups excluding carboxylic acids is 1. The van der Waals surface area contributed by atoms with Gasteiger partial charge in [0, 0.05) is 16.9 Å². The molecule has 1 aliphatic heterocycles. The number of hydrogen-bond donors (Lipinski definition) is 0. The van der Waals surface area contributed by atoms with Crippen LogP contribution in [0.4, 0.5) is 0 Å². The molecule has 1 saturated heterocycles. The van der Waals surface area contributed by atoms with Crippen molar-refractivity contribution in [3.05, 3.63) is 54.1 Å². The van der Waals surface area contributed by atoms with Crippen molar-refractivity contribution in [2.75, 3.05) is 14.2 Å². The molecule has 0 aliphatic carbocycles. The van der Waals surface area contributed by atoms with Gasteiger partial charge in [-0.1, -0.05) is 18.2 Å². The highest BCUT2D eigenvalue weighted by Crippen LogP contribution is 2.42. The van der Waals surface area contributed by atoms with Gasteiger partial charge >= 0.3 is 5.97 Å².